The molecule has 2 heterocycles. The molecular formula is C18H34N4O2. The zero-order chi connectivity index (χ0) is 18.3. The van der Waals surface area contributed by atoms with Crippen molar-refractivity contribution in [2.45, 2.75) is 79.8 Å². The van der Waals surface area contributed by atoms with Gasteiger partial charge in [0, 0.05) is 25.2 Å². The zero-order valence-corrected chi connectivity index (χ0v) is 16.5. The van der Waals surface area contributed by atoms with Crippen LogP contribution in [0.25, 0.3) is 0 Å². The molecule has 0 spiro atoms. The van der Waals surface area contributed by atoms with Crippen molar-refractivity contribution in [2.24, 2.45) is 11.8 Å². The Labute approximate surface area is 146 Å². The molecule has 2 aliphatic heterocycles. The molecule has 2 fully saturated rings. The zero-order valence-electron chi connectivity index (χ0n) is 16.5. The highest BCUT2D eigenvalue weighted by molar-refractivity contribution is 5.85. The Morgan fingerprint density at radius 2 is 1.00 bits per heavy atom. The van der Waals surface area contributed by atoms with Crippen molar-refractivity contribution in [1.82, 2.24) is 19.6 Å². The number of amides is 4. The van der Waals surface area contributed by atoms with Crippen molar-refractivity contribution >= 4 is 12.1 Å². The number of carbonyl (C=O) groups is 2. The molecule has 0 aromatic heterocycles. The molecule has 2 saturated heterocycles. The molecule has 2 aliphatic rings. The predicted octanol–water partition coefficient (Wildman–Crippen LogP) is 3.24. The van der Waals surface area contributed by atoms with Gasteiger partial charge in [-0.2, -0.15) is 0 Å². The molecule has 0 aromatic carbocycles. The Hall–Kier alpha value is -1.46. The van der Waals surface area contributed by atoms with Gasteiger partial charge in [-0.15, -0.1) is 0 Å². The van der Waals surface area contributed by atoms with E-state index in [1.165, 1.54) is 0 Å². The van der Waals surface area contributed by atoms with Gasteiger partial charge < -0.3 is 0 Å². The van der Waals surface area contributed by atoms with Gasteiger partial charge in [0.1, 0.15) is 12.3 Å². The molecule has 4 amide bonds. The van der Waals surface area contributed by atoms with Crippen LogP contribution in [0.3, 0.4) is 0 Å². The number of nitrogens with zero attached hydrogens (tertiary/aromatic N) is 4. The fourth-order valence-electron chi connectivity index (χ4n) is 3.87. The summed E-state index contributed by atoms with van der Waals surface area (Å²) in [4.78, 5) is 33.8. The predicted molar refractivity (Wildman–Crippen MR) is 95.4 cm³/mol. The number of rotatable bonds is 6. The highest BCUT2D eigenvalue weighted by Crippen LogP contribution is 2.38. The summed E-state index contributed by atoms with van der Waals surface area (Å²) < 4.78 is 0. The fourth-order valence-corrected chi connectivity index (χ4v) is 3.87. The maximum absolute atomic E-state index is 13.1. The summed E-state index contributed by atoms with van der Waals surface area (Å²) >= 11 is 0. The summed E-state index contributed by atoms with van der Waals surface area (Å²) in [5, 5.41) is 0. The van der Waals surface area contributed by atoms with Crippen LogP contribution in [-0.4, -0.2) is 69.2 Å². The number of fused-ring (bicyclic) bond motifs is 1. The van der Waals surface area contributed by atoms with Gasteiger partial charge in [-0.25, -0.2) is 9.59 Å². The van der Waals surface area contributed by atoms with Crippen LogP contribution >= 0.6 is 0 Å². The van der Waals surface area contributed by atoms with E-state index in [1.54, 1.807) is 0 Å². The van der Waals surface area contributed by atoms with Crippen LogP contribution in [0.2, 0.25) is 0 Å². The van der Waals surface area contributed by atoms with E-state index in [1.807, 2.05) is 47.3 Å². The minimum atomic E-state index is -0.192. The lowest BCUT2D eigenvalue weighted by Gasteiger charge is -2.34. The molecule has 6 nitrogen and oxygen atoms in total. The first-order valence-corrected chi connectivity index (χ1v) is 9.25. The minimum Gasteiger partial charge on any atom is -0.300 e. The minimum absolute atomic E-state index is 0.0561. The Morgan fingerprint density at radius 3 is 1.25 bits per heavy atom. The molecule has 0 atom stereocenters. The Kier molecular flexibility index (Phi) is 5.35. The second-order valence-corrected chi connectivity index (χ2v) is 8.49. The smallest absolute Gasteiger partial charge is 0.300 e. The van der Waals surface area contributed by atoms with E-state index >= 15 is 0 Å². The summed E-state index contributed by atoms with van der Waals surface area (Å²) in [6.07, 6.45) is -0.373. The standard InChI is InChI=1S/C18H34N4O2/c1-11(2)9-19-15-16(21(13(5)6)17(19)23)22(14(7)8)18(24)20(15)10-12(3)4/h11-16H,9-10H2,1-8H3. The van der Waals surface area contributed by atoms with Crippen LogP contribution in [0.1, 0.15) is 55.4 Å². The highest BCUT2D eigenvalue weighted by Gasteiger charge is 2.60. The van der Waals surface area contributed by atoms with E-state index in [-0.39, 0.29) is 36.5 Å². The summed E-state index contributed by atoms with van der Waals surface area (Å²) in [5.74, 6) is 0.733. The third kappa shape index (κ3) is 3.07. The summed E-state index contributed by atoms with van der Waals surface area (Å²) in [6, 6.07) is 0.242. The topological polar surface area (TPSA) is 47.1 Å². The molecule has 24 heavy (non-hydrogen) atoms. The van der Waals surface area contributed by atoms with E-state index in [4.69, 9.17) is 0 Å². The third-order valence-corrected chi connectivity index (χ3v) is 4.64. The number of carbonyl (C=O) groups excluding carboxylic acids is 2. The summed E-state index contributed by atoms with van der Waals surface area (Å²) in [7, 11) is 0. The largest absolute Gasteiger partial charge is 0.323 e. The van der Waals surface area contributed by atoms with Gasteiger partial charge >= 0.3 is 12.1 Å². The molecule has 6 heteroatoms. The first-order chi connectivity index (χ1) is 11.1. The van der Waals surface area contributed by atoms with Crippen molar-refractivity contribution in [3.05, 3.63) is 0 Å². The quantitative estimate of drug-likeness (QED) is 0.746. The van der Waals surface area contributed by atoms with Gasteiger partial charge in [0.25, 0.3) is 0 Å². The second-order valence-electron chi connectivity index (χ2n) is 8.49. The molecule has 0 unspecified atom stereocenters. The van der Waals surface area contributed by atoms with Crippen LogP contribution in [0.5, 0.6) is 0 Å². The van der Waals surface area contributed by atoms with Crippen molar-refractivity contribution < 1.29 is 9.59 Å². The van der Waals surface area contributed by atoms with Crippen LogP contribution in [0.15, 0.2) is 0 Å². The van der Waals surface area contributed by atoms with Gasteiger partial charge in [0.15, 0.2) is 0 Å². The van der Waals surface area contributed by atoms with Crippen molar-refractivity contribution in [1.29, 1.82) is 0 Å². The Morgan fingerprint density at radius 1 is 0.667 bits per heavy atom. The fraction of sp³-hybridized carbons (Fsp3) is 0.889. The molecule has 0 aliphatic carbocycles. The summed E-state index contributed by atoms with van der Waals surface area (Å²) in [5.41, 5.74) is 0. The lowest BCUT2D eigenvalue weighted by Crippen LogP contribution is -2.51. The lowest BCUT2D eigenvalue weighted by atomic mass is 10.1. The third-order valence-electron chi connectivity index (χ3n) is 4.64. The van der Waals surface area contributed by atoms with Gasteiger partial charge in [0.2, 0.25) is 0 Å². The molecule has 2 rings (SSSR count). The summed E-state index contributed by atoms with van der Waals surface area (Å²) in [6.45, 7) is 17.9. The van der Waals surface area contributed by atoms with Crippen molar-refractivity contribution in [2.75, 3.05) is 13.1 Å². The normalized spacial score (nSPS) is 24.7. The molecule has 0 radical (unpaired) electrons. The van der Waals surface area contributed by atoms with Gasteiger partial charge in [-0.05, 0) is 39.5 Å². The first kappa shape index (κ1) is 18.9. The number of urea groups is 2. The van der Waals surface area contributed by atoms with Gasteiger partial charge in [-0.1, -0.05) is 27.7 Å². The van der Waals surface area contributed by atoms with E-state index in [9.17, 15) is 9.59 Å². The maximum atomic E-state index is 13.1. The van der Waals surface area contributed by atoms with E-state index in [0.717, 1.165) is 0 Å². The molecule has 0 bridgehead atoms. The Bertz CT molecular complexity index is 447. The second kappa shape index (κ2) is 6.81. The van der Waals surface area contributed by atoms with Crippen LogP contribution < -0.4 is 0 Å². The average molecular weight is 338 g/mol. The SMILES string of the molecule is CC(C)CN1C(=O)N(C(C)C)C2C1N(CC(C)C)C(=O)N2C(C)C. The number of hydrogen-bond acceptors (Lipinski definition) is 2. The van der Waals surface area contributed by atoms with Crippen LogP contribution in [0, 0.1) is 11.8 Å². The van der Waals surface area contributed by atoms with E-state index in [2.05, 4.69) is 27.7 Å². The average Bonchev–Trinajstić information content (AvgIpc) is 2.83. The maximum Gasteiger partial charge on any atom is 0.323 e. The number of hydrogen-bond donors (Lipinski definition) is 0. The first-order valence-electron chi connectivity index (χ1n) is 9.25. The molecule has 138 valence electrons. The molecule has 0 saturated carbocycles. The lowest BCUT2D eigenvalue weighted by molar-refractivity contribution is 0.0888. The highest BCUT2D eigenvalue weighted by atomic mass is 16.2. The van der Waals surface area contributed by atoms with E-state index < -0.39 is 0 Å². The van der Waals surface area contributed by atoms with Crippen LogP contribution in [-0.2, 0) is 0 Å². The molecular weight excluding hydrogens is 304 g/mol. The van der Waals surface area contributed by atoms with Crippen molar-refractivity contribution in [3.63, 3.8) is 0 Å². The van der Waals surface area contributed by atoms with E-state index in [0.29, 0.717) is 24.9 Å². The molecule has 0 N–H and O–H groups in total. The Balaban J connectivity index is 2.48. The monoisotopic (exact) mass is 338 g/mol. The van der Waals surface area contributed by atoms with Gasteiger partial charge in [-0.3, -0.25) is 19.6 Å². The van der Waals surface area contributed by atoms with Crippen LogP contribution in [0.4, 0.5) is 9.59 Å². The van der Waals surface area contributed by atoms with Crippen molar-refractivity contribution in [3.8, 4) is 0 Å². The molecule has 0 aromatic rings. The van der Waals surface area contributed by atoms with Gasteiger partial charge in [0.05, 0.1) is 0 Å².